The summed E-state index contributed by atoms with van der Waals surface area (Å²) in [7, 11) is 0. The van der Waals surface area contributed by atoms with E-state index in [-0.39, 0.29) is 12.5 Å². The Hall–Kier alpha value is -1.03. The minimum Gasteiger partial charge on any atom is -0.484 e. The minimum absolute atomic E-state index is 0.0650. The van der Waals surface area contributed by atoms with Crippen molar-refractivity contribution in [3.05, 3.63) is 28.7 Å². The summed E-state index contributed by atoms with van der Waals surface area (Å²) >= 11 is 3.32. The third kappa shape index (κ3) is 3.79. The van der Waals surface area contributed by atoms with Gasteiger partial charge in [-0.1, -0.05) is 15.9 Å². The van der Waals surface area contributed by atoms with E-state index in [0.717, 1.165) is 4.47 Å². The molecule has 0 aromatic heterocycles. The van der Waals surface area contributed by atoms with Crippen LogP contribution < -0.4 is 10.1 Å². The van der Waals surface area contributed by atoms with E-state index >= 15 is 0 Å². The lowest BCUT2D eigenvalue weighted by Gasteiger charge is -2.05. The molecule has 1 aromatic rings. The normalized spacial score (nSPS) is 9.57. The largest absolute Gasteiger partial charge is 0.484 e. The number of likely N-dealkylation sites (N-methyl/N-ethyl adjacent to an activating group) is 1. The first-order valence-electron chi connectivity index (χ1n) is 4.37. The Morgan fingerprint density at radius 3 is 2.64 bits per heavy atom. The van der Waals surface area contributed by atoms with E-state index in [9.17, 15) is 4.79 Å². The van der Waals surface area contributed by atoms with Gasteiger partial charge in [0.15, 0.2) is 6.61 Å². The fourth-order valence-corrected chi connectivity index (χ4v) is 1.19. The van der Waals surface area contributed by atoms with Gasteiger partial charge in [0.1, 0.15) is 5.75 Å². The van der Waals surface area contributed by atoms with E-state index in [1.807, 2.05) is 31.2 Å². The van der Waals surface area contributed by atoms with Crippen LogP contribution in [0.2, 0.25) is 0 Å². The lowest BCUT2D eigenvalue weighted by molar-refractivity contribution is -0.122. The molecular formula is C10H12BrNO2. The molecule has 0 saturated heterocycles. The van der Waals surface area contributed by atoms with Gasteiger partial charge in [-0.3, -0.25) is 4.79 Å². The van der Waals surface area contributed by atoms with Crippen LogP contribution in [0.5, 0.6) is 5.75 Å². The molecule has 0 heterocycles. The van der Waals surface area contributed by atoms with E-state index < -0.39 is 0 Å². The number of ether oxygens (including phenoxy) is 1. The maximum absolute atomic E-state index is 11.0. The fraction of sp³-hybridized carbons (Fsp3) is 0.300. The van der Waals surface area contributed by atoms with Crippen molar-refractivity contribution < 1.29 is 9.53 Å². The Morgan fingerprint density at radius 2 is 2.07 bits per heavy atom. The Morgan fingerprint density at radius 1 is 1.43 bits per heavy atom. The van der Waals surface area contributed by atoms with Gasteiger partial charge in [-0.05, 0) is 31.2 Å². The highest BCUT2D eigenvalue weighted by molar-refractivity contribution is 9.10. The van der Waals surface area contributed by atoms with Crippen molar-refractivity contribution in [2.24, 2.45) is 0 Å². The minimum atomic E-state index is -0.101. The number of amides is 1. The van der Waals surface area contributed by atoms with E-state index in [4.69, 9.17) is 4.74 Å². The van der Waals surface area contributed by atoms with Crippen LogP contribution in [0.3, 0.4) is 0 Å². The van der Waals surface area contributed by atoms with Crippen molar-refractivity contribution in [2.45, 2.75) is 6.92 Å². The van der Waals surface area contributed by atoms with Gasteiger partial charge < -0.3 is 10.1 Å². The Bertz CT molecular complexity index is 297. The molecule has 1 aromatic carbocycles. The van der Waals surface area contributed by atoms with E-state index in [0.29, 0.717) is 12.3 Å². The monoisotopic (exact) mass is 257 g/mol. The molecule has 0 saturated carbocycles. The number of benzene rings is 1. The molecule has 0 radical (unpaired) electrons. The molecule has 0 aliphatic heterocycles. The highest BCUT2D eigenvalue weighted by Gasteiger charge is 2.00. The van der Waals surface area contributed by atoms with Crippen molar-refractivity contribution in [3.63, 3.8) is 0 Å². The molecule has 1 amide bonds. The molecule has 0 unspecified atom stereocenters. The SMILES string of the molecule is CCNC(=O)COc1ccc(Br)cc1. The Labute approximate surface area is 91.6 Å². The number of carbonyl (C=O) groups is 1. The predicted octanol–water partition coefficient (Wildman–Crippen LogP) is 1.96. The molecule has 14 heavy (non-hydrogen) atoms. The second-order valence-corrected chi connectivity index (χ2v) is 3.61. The molecule has 4 heteroatoms. The third-order valence-corrected chi connectivity index (χ3v) is 2.09. The number of carbonyl (C=O) groups excluding carboxylic acids is 1. The number of halogens is 1. The molecule has 1 rings (SSSR count). The van der Waals surface area contributed by atoms with Crippen LogP contribution in [0.4, 0.5) is 0 Å². The van der Waals surface area contributed by atoms with Crippen molar-refractivity contribution in [3.8, 4) is 5.75 Å². The second-order valence-electron chi connectivity index (χ2n) is 2.70. The zero-order chi connectivity index (χ0) is 10.4. The van der Waals surface area contributed by atoms with Gasteiger partial charge in [-0.15, -0.1) is 0 Å². The summed E-state index contributed by atoms with van der Waals surface area (Å²) in [5.41, 5.74) is 0. The summed E-state index contributed by atoms with van der Waals surface area (Å²) in [6.45, 7) is 2.57. The zero-order valence-electron chi connectivity index (χ0n) is 7.92. The molecule has 3 nitrogen and oxygen atoms in total. The number of hydrogen-bond acceptors (Lipinski definition) is 2. The average Bonchev–Trinajstić information content (AvgIpc) is 2.17. The fourth-order valence-electron chi connectivity index (χ4n) is 0.928. The van der Waals surface area contributed by atoms with Gasteiger partial charge in [0.05, 0.1) is 0 Å². The summed E-state index contributed by atoms with van der Waals surface area (Å²) in [5, 5.41) is 2.65. The van der Waals surface area contributed by atoms with Gasteiger partial charge in [-0.25, -0.2) is 0 Å². The predicted molar refractivity (Wildman–Crippen MR) is 58.3 cm³/mol. The first-order chi connectivity index (χ1) is 6.72. The molecule has 0 spiro atoms. The number of rotatable bonds is 4. The summed E-state index contributed by atoms with van der Waals surface area (Å²) in [6.07, 6.45) is 0. The number of hydrogen-bond donors (Lipinski definition) is 1. The highest BCUT2D eigenvalue weighted by Crippen LogP contribution is 2.15. The molecular weight excluding hydrogens is 246 g/mol. The van der Waals surface area contributed by atoms with Crippen molar-refractivity contribution in [1.29, 1.82) is 0 Å². The van der Waals surface area contributed by atoms with Gasteiger partial charge in [0, 0.05) is 11.0 Å². The van der Waals surface area contributed by atoms with E-state index in [2.05, 4.69) is 21.2 Å². The molecule has 0 aliphatic rings. The van der Waals surface area contributed by atoms with Crippen LogP contribution in [-0.2, 0) is 4.79 Å². The average molecular weight is 258 g/mol. The molecule has 1 N–H and O–H groups in total. The maximum atomic E-state index is 11.0. The van der Waals surface area contributed by atoms with Crippen LogP contribution in [0.15, 0.2) is 28.7 Å². The Balaban J connectivity index is 2.38. The topological polar surface area (TPSA) is 38.3 Å². The van der Waals surface area contributed by atoms with E-state index in [1.54, 1.807) is 0 Å². The number of nitrogens with one attached hydrogen (secondary N) is 1. The summed E-state index contributed by atoms with van der Waals surface area (Å²) in [4.78, 5) is 11.0. The smallest absolute Gasteiger partial charge is 0.257 e. The molecule has 0 aliphatic carbocycles. The van der Waals surface area contributed by atoms with Crippen molar-refractivity contribution in [2.75, 3.05) is 13.2 Å². The molecule has 0 fully saturated rings. The molecule has 0 bridgehead atoms. The van der Waals surface area contributed by atoms with Crippen LogP contribution in [0.25, 0.3) is 0 Å². The molecule has 0 atom stereocenters. The lowest BCUT2D eigenvalue weighted by atomic mass is 10.3. The highest BCUT2D eigenvalue weighted by atomic mass is 79.9. The van der Waals surface area contributed by atoms with Gasteiger partial charge in [0.25, 0.3) is 5.91 Å². The first kappa shape index (κ1) is 11.0. The van der Waals surface area contributed by atoms with Crippen molar-refractivity contribution >= 4 is 21.8 Å². The van der Waals surface area contributed by atoms with E-state index in [1.165, 1.54) is 0 Å². The summed E-state index contributed by atoms with van der Waals surface area (Å²) < 4.78 is 6.23. The van der Waals surface area contributed by atoms with Crippen LogP contribution in [0, 0.1) is 0 Å². The van der Waals surface area contributed by atoms with Crippen molar-refractivity contribution in [1.82, 2.24) is 5.32 Å². The Kier molecular flexibility index (Phi) is 4.46. The quantitative estimate of drug-likeness (QED) is 0.896. The molecule has 76 valence electrons. The van der Waals surface area contributed by atoms with Crippen LogP contribution in [0.1, 0.15) is 6.92 Å². The standard InChI is InChI=1S/C10H12BrNO2/c1-2-12-10(13)7-14-9-5-3-8(11)4-6-9/h3-6H,2,7H2,1H3,(H,12,13). The summed E-state index contributed by atoms with van der Waals surface area (Å²) in [6, 6.07) is 7.35. The first-order valence-corrected chi connectivity index (χ1v) is 5.16. The maximum Gasteiger partial charge on any atom is 0.257 e. The van der Waals surface area contributed by atoms with Gasteiger partial charge in [0.2, 0.25) is 0 Å². The van der Waals surface area contributed by atoms with Crippen LogP contribution in [-0.4, -0.2) is 19.1 Å². The summed E-state index contributed by atoms with van der Waals surface area (Å²) in [5.74, 6) is 0.592. The van der Waals surface area contributed by atoms with Gasteiger partial charge >= 0.3 is 0 Å². The van der Waals surface area contributed by atoms with Crippen LogP contribution >= 0.6 is 15.9 Å². The van der Waals surface area contributed by atoms with Gasteiger partial charge in [-0.2, -0.15) is 0 Å². The second kappa shape index (κ2) is 5.65. The third-order valence-electron chi connectivity index (χ3n) is 1.56. The lowest BCUT2D eigenvalue weighted by Crippen LogP contribution is -2.28. The zero-order valence-corrected chi connectivity index (χ0v) is 9.50.